The summed E-state index contributed by atoms with van der Waals surface area (Å²) in [4.78, 5) is 32.5. The number of hydrogen-bond acceptors (Lipinski definition) is 3. The van der Waals surface area contributed by atoms with Gasteiger partial charge in [-0.1, -0.05) is 43.3 Å². The molecule has 3 amide bonds. The highest BCUT2D eigenvalue weighted by atomic mass is 19.1. The third-order valence-corrected chi connectivity index (χ3v) is 7.68. The van der Waals surface area contributed by atoms with Crippen LogP contribution >= 0.6 is 0 Å². The number of hydrogen-bond donors (Lipinski definition) is 1. The van der Waals surface area contributed by atoms with Gasteiger partial charge >= 0.3 is 6.03 Å². The van der Waals surface area contributed by atoms with Crippen molar-refractivity contribution in [1.29, 1.82) is 0 Å². The quantitative estimate of drug-likeness (QED) is 0.605. The van der Waals surface area contributed by atoms with Gasteiger partial charge < -0.3 is 15.1 Å². The molecule has 194 valence electrons. The molecular weight excluding hydrogens is 455 g/mol. The number of piperidine rings is 1. The van der Waals surface area contributed by atoms with Crippen LogP contribution in [0.3, 0.4) is 0 Å². The maximum atomic E-state index is 14.4. The minimum atomic E-state index is -0.276. The second kappa shape index (κ2) is 11.9. The first-order valence-electron chi connectivity index (χ1n) is 13.3. The van der Waals surface area contributed by atoms with Gasteiger partial charge in [0.15, 0.2) is 0 Å². The molecule has 2 heterocycles. The average Bonchev–Trinajstić information content (AvgIpc) is 3.36. The maximum absolute atomic E-state index is 14.4. The summed E-state index contributed by atoms with van der Waals surface area (Å²) < 4.78 is 14.4. The Hall–Kier alpha value is -2.93. The van der Waals surface area contributed by atoms with Crippen LogP contribution in [0.15, 0.2) is 42.5 Å². The fourth-order valence-corrected chi connectivity index (χ4v) is 5.61. The Morgan fingerprint density at radius 1 is 1.00 bits per heavy atom. The van der Waals surface area contributed by atoms with E-state index in [4.69, 9.17) is 0 Å². The van der Waals surface area contributed by atoms with Gasteiger partial charge in [0, 0.05) is 55.9 Å². The van der Waals surface area contributed by atoms with Crippen molar-refractivity contribution in [3.8, 4) is 0 Å². The Bertz CT molecular complexity index is 1050. The third kappa shape index (κ3) is 5.89. The Morgan fingerprint density at radius 3 is 2.36 bits per heavy atom. The zero-order valence-electron chi connectivity index (χ0n) is 21.8. The van der Waals surface area contributed by atoms with E-state index in [1.165, 1.54) is 6.07 Å². The molecular formula is C29H39FN4O2. The monoisotopic (exact) mass is 494 g/mol. The van der Waals surface area contributed by atoms with Crippen LogP contribution in [-0.2, 0) is 6.54 Å². The van der Waals surface area contributed by atoms with Gasteiger partial charge in [0.2, 0.25) is 0 Å². The smallest absolute Gasteiger partial charge is 0.317 e. The van der Waals surface area contributed by atoms with Crippen molar-refractivity contribution >= 4 is 11.9 Å². The lowest BCUT2D eigenvalue weighted by molar-refractivity contribution is 0.0634. The predicted octanol–water partition coefficient (Wildman–Crippen LogP) is 4.74. The Morgan fingerprint density at radius 2 is 1.69 bits per heavy atom. The van der Waals surface area contributed by atoms with Crippen LogP contribution in [0, 0.1) is 19.7 Å². The summed E-state index contributed by atoms with van der Waals surface area (Å²) in [6.45, 7) is 10.1. The summed E-state index contributed by atoms with van der Waals surface area (Å²) >= 11 is 0. The molecule has 2 fully saturated rings. The number of nitrogens with one attached hydrogen (secondary N) is 1. The molecule has 0 radical (unpaired) electrons. The summed E-state index contributed by atoms with van der Waals surface area (Å²) in [6.07, 6.45) is 3.59. The minimum Gasteiger partial charge on any atom is -0.339 e. The van der Waals surface area contributed by atoms with E-state index < -0.39 is 0 Å². The van der Waals surface area contributed by atoms with Gasteiger partial charge in [-0.2, -0.15) is 0 Å². The zero-order chi connectivity index (χ0) is 25.7. The highest BCUT2D eigenvalue weighted by Crippen LogP contribution is 2.27. The molecule has 2 aliphatic heterocycles. The topological polar surface area (TPSA) is 55.9 Å². The molecule has 2 saturated heterocycles. The number of carbonyl (C=O) groups is 2. The van der Waals surface area contributed by atoms with E-state index in [-0.39, 0.29) is 30.3 Å². The molecule has 2 aromatic carbocycles. The van der Waals surface area contributed by atoms with Crippen molar-refractivity contribution in [2.24, 2.45) is 0 Å². The van der Waals surface area contributed by atoms with E-state index in [0.717, 1.165) is 68.6 Å². The number of amides is 3. The standard InChI is InChI=1S/C29H39FN4O2/c1-4-15-31-29(36)34(19-23-10-5-6-11-26(23)30)25-14-18-33(20-25)24-12-16-32(17-13-24)28(35)27-21(2)8-7-9-22(27)3/h5-11,24-25H,4,12-20H2,1-3H3,(H,31,36)/t25-/m1/s1. The summed E-state index contributed by atoms with van der Waals surface area (Å²) in [7, 11) is 0. The number of rotatable bonds is 7. The summed E-state index contributed by atoms with van der Waals surface area (Å²) in [5, 5.41) is 2.99. The molecule has 1 N–H and O–H groups in total. The van der Waals surface area contributed by atoms with E-state index in [9.17, 15) is 14.0 Å². The number of halogens is 1. The number of urea groups is 1. The first kappa shape index (κ1) is 26.1. The number of nitrogens with zero attached hydrogens (tertiary/aromatic N) is 3. The van der Waals surface area contributed by atoms with Crippen LogP contribution in [-0.4, -0.2) is 71.4 Å². The van der Waals surface area contributed by atoms with Crippen LogP contribution in [0.4, 0.5) is 9.18 Å². The molecule has 0 spiro atoms. The third-order valence-electron chi connectivity index (χ3n) is 7.68. The first-order chi connectivity index (χ1) is 17.4. The van der Waals surface area contributed by atoms with Crippen LogP contribution in [0.2, 0.25) is 0 Å². The largest absolute Gasteiger partial charge is 0.339 e. The molecule has 2 aromatic rings. The second-order valence-electron chi connectivity index (χ2n) is 10.2. The van der Waals surface area contributed by atoms with E-state index in [1.54, 1.807) is 12.1 Å². The predicted molar refractivity (Wildman–Crippen MR) is 140 cm³/mol. The normalized spacial score (nSPS) is 18.9. The molecule has 0 saturated carbocycles. The maximum Gasteiger partial charge on any atom is 0.317 e. The fourth-order valence-electron chi connectivity index (χ4n) is 5.61. The summed E-state index contributed by atoms with van der Waals surface area (Å²) in [6, 6.07) is 13.0. The Balaban J connectivity index is 1.37. The molecule has 1 atom stereocenters. The number of carbonyl (C=O) groups excluding carboxylic acids is 2. The van der Waals surface area contributed by atoms with Crippen LogP contribution in [0.1, 0.15) is 59.7 Å². The lowest BCUT2D eigenvalue weighted by Crippen LogP contribution is -2.49. The van der Waals surface area contributed by atoms with Gasteiger partial charge in [0.1, 0.15) is 5.82 Å². The molecule has 0 unspecified atom stereocenters. The molecule has 36 heavy (non-hydrogen) atoms. The second-order valence-corrected chi connectivity index (χ2v) is 10.2. The van der Waals surface area contributed by atoms with E-state index in [2.05, 4.69) is 10.2 Å². The lowest BCUT2D eigenvalue weighted by atomic mass is 9.98. The molecule has 6 nitrogen and oxygen atoms in total. The average molecular weight is 495 g/mol. The van der Waals surface area contributed by atoms with Gasteiger partial charge in [-0.3, -0.25) is 9.69 Å². The first-order valence-corrected chi connectivity index (χ1v) is 13.3. The molecule has 0 aromatic heterocycles. The number of benzene rings is 2. The molecule has 4 rings (SSSR count). The van der Waals surface area contributed by atoms with Crippen LogP contribution in [0.25, 0.3) is 0 Å². The highest BCUT2D eigenvalue weighted by molar-refractivity contribution is 5.97. The van der Waals surface area contributed by atoms with Crippen molar-refractivity contribution in [2.45, 2.75) is 65.1 Å². The van der Waals surface area contributed by atoms with Crippen LogP contribution < -0.4 is 5.32 Å². The van der Waals surface area contributed by atoms with Gasteiger partial charge in [0.05, 0.1) is 6.54 Å². The van der Waals surface area contributed by atoms with Crippen molar-refractivity contribution in [1.82, 2.24) is 20.0 Å². The highest BCUT2D eigenvalue weighted by Gasteiger charge is 2.36. The van der Waals surface area contributed by atoms with Gasteiger partial charge in [-0.25, -0.2) is 9.18 Å². The van der Waals surface area contributed by atoms with Gasteiger partial charge in [-0.05, 0) is 56.7 Å². The molecule has 7 heteroatoms. The molecule has 0 bridgehead atoms. The van der Waals surface area contributed by atoms with Crippen molar-refractivity contribution in [3.63, 3.8) is 0 Å². The van der Waals surface area contributed by atoms with Gasteiger partial charge in [-0.15, -0.1) is 0 Å². The molecule has 0 aliphatic carbocycles. The number of likely N-dealkylation sites (tertiary alicyclic amines) is 2. The van der Waals surface area contributed by atoms with Crippen molar-refractivity contribution < 1.29 is 14.0 Å². The van der Waals surface area contributed by atoms with E-state index >= 15 is 0 Å². The number of aryl methyl sites for hydroxylation is 2. The van der Waals surface area contributed by atoms with Gasteiger partial charge in [0.25, 0.3) is 5.91 Å². The SMILES string of the molecule is CCCNC(=O)N(Cc1ccccc1F)[C@@H]1CCN(C2CCN(C(=O)c3c(C)cccc3C)CC2)C1. The zero-order valence-corrected chi connectivity index (χ0v) is 21.8. The molecule has 2 aliphatic rings. The van der Waals surface area contributed by atoms with Crippen molar-refractivity contribution in [3.05, 3.63) is 70.5 Å². The summed E-state index contributed by atoms with van der Waals surface area (Å²) in [5.41, 5.74) is 3.43. The lowest BCUT2D eigenvalue weighted by Gasteiger charge is -2.37. The fraction of sp³-hybridized carbons (Fsp3) is 0.517. The summed E-state index contributed by atoms with van der Waals surface area (Å²) in [5.74, 6) is -0.145. The van der Waals surface area contributed by atoms with E-state index in [0.29, 0.717) is 18.2 Å². The van der Waals surface area contributed by atoms with Crippen molar-refractivity contribution in [2.75, 3.05) is 32.7 Å². The van der Waals surface area contributed by atoms with E-state index in [1.807, 2.05) is 54.8 Å². The minimum absolute atomic E-state index is 0.0377. The Kier molecular flexibility index (Phi) is 8.62. The Labute approximate surface area is 214 Å². The van der Waals surface area contributed by atoms with Crippen LogP contribution in [0.5, 0.6) is 0 Å².